The Hall–Kier alpha value is -1.41. The number of nitrogens with one attached hydrogen (secondary N) is 1. The molecular formula is C11H15N3O7S3. The van der Waals surface area contributed by atoms with Crippen LogP contribution in [0.1, 0.15) is 6.42 Å². The third-order valence-electron chi connectivity index (χ3n) is 3.13. The fourth-order valence-electron chi connectivity index (χ4n) is 2.08. The summed E-state index contributed by atoms with van der Waals surface area (Å²) in [5.41, 5.74) is -0.217. The van der Waals surface area contributed by atoms with E-state index in [-0.39, 0.29) is 23.2 Å². The Bertz CT molecular complexity index is 867. The van der Waals surface area contributed by atoms with Crippen LogP contribution in [0.25, 0.3) is 0 Å². The van der Waals surface area contributed by atoms with Crippen LogP contribution in [0.3, 0.4) is 0 Å². The number of hydrogen-bond acceptors (Lipinski definition) is 9. The number of nitro benzene ring substituents is 1. The number of nitrogens with two attached hydrogens (primary N) is 1. The molecule has 1 atom stereocenters. The average molecular weight is 397 g/mol. The van der Waals surface area contributed by atoms with Crippen LogP contribution in [-0.4, -0.2) is 46.4 Å². The monoisotopic (exact) mass is 397 g/mol. The van der Waals surface area contributed by atoms with Crippen LogP contribution in [0, 0.1) is 10.1 Å². The number of sulfonamides is 1. The highest BCUT2D eigenvalue weighted by Gasteiger charge is 2.29. The van der Waals surface area contributed by atoms with Crippen molar-refractivity contribution in [3.05, 3.63) is 22.2 Å². The summed E-state index contributed by atoms with van der Waals surface area (Å²) in [5.74, 6) is 0.464. The second kappa shape index (κ2) is 6.84. The van der Waals surface area contributed by atoms with Crippen LogP contribution in [0.4, 0.5) is 11.4 Å². The maximum absolute atomic E-state index is 11.4. The summed E-state index contributed by atoms with van der Waals surface area (Å²) in [6.45, 7) is -0.0601. The third-order valence-corrected chi connectivity index (χ3v) is 5.82. The Balaban J connectivity index is 2.26. The van der Waals surface area contributed by atoms with Gasteiger partial charge in [-0.3, -0.25) is 14.3 Å². The number of primary sulfonamides is 1. The molecule has 1 aromatic carbocycles. The van der Waals surface area contributed by atoms with Crippen LogP contribution < -0.4 is 10.5 Å². The van der Waals surface area contributed by atoms with Gasteiger partial charge in [0, 0.05) is 22.8 Å². The van der Waals surface area contributed by atoms with Crippen molar-refractivity contribution in [2.75, 3.05) is 23.9 Å². The first-order chi connectivity index (χ1) is 11.0. The number of thioether (sulfide) groups is 1. The highest BCUT2D eigenvalue weighted by molar-refractivity contribution is 7.99. The number of nitro groups is 1. The van der Waals surface area contributed by atoms with Gasteiger partial charge >= 0.3 is 0 Å². The first-order valence-electron chi connectivity index (χ1n) is 6.56. The van der Waals surface area contributed by atoms with Gasteiger partial charge in [0.2, 0.25) is 10.0 Å². The Kier molecular flexibility index (Phi) is 5.39. The van der Waals surface area contributed by atoms with Crippen LogP contribution in [0.5, 0.6) is 0 Å². The SMILES string of the molecule is CS(=O)(=O)OCC[C@@H]1CSc2cc(S(N)(=O)=O)cc([N+](=O)[O-])c2N1. The summed E-state index contributed by atoms with van der Waals surface area (Å²) < 4.78 is 49.4. The molecule has 0 unspecified atom stereocenters. The minimum Gasteiger partial charge on any atom is -0.375 e. The maximum atomic E-state index is 11.4. The molecule has 0 spiro atoms. The lowest BCUT2D eigenvalue weighted by atomic mass is 10.2. The molecule has 134 valence electrons. The molecule has 24 heavy (non-hydrogen) atoms. The Morgan fingerprint density at radius 2 is 2.08 bits per heavy atom. The van der Waals surface area contributed by atoms with Gasteiger partial charge in [-0.2, -0.15) is 8.42 Å². The third kappa shape index (κ3) is 4.80. The predicted octanol–water partition coefficient (Wildman–Crippen LogP) is 0.495. The quantitative estimate of drug-likeness (QED) is 0.396. The van der Waals surface area contributed by atoms with Crippen molar-refractivity contribution in [2.24, 2.45) is 5.14 Å². The molecule has 0 radical (unpaired) electrons. The number of hydrogen-bond donors (Lipinski definition) is 2. The van der Waals surface area contributed by atoms with Crippen molar-refractivity contribution in [2.45, 2.75) is 22.3 Å². The van der Waals surface area contributed by atoms with E-state index in [1.807, 2.05) is 0 Å². The van der Waals surface area contributed by atoms with Gasteiger partial charge in [0.05, 0.1) is 22.7 Å². The predicted molar refractivity (Wildman–Crippen MR) is 88.0 cm³/mol. The fraction of sp³-hybridized carbons (Fsp3) is 0.455. The minimum atomic E-state index is -4.07. The number of rotatable bonds is 6. The molecule has 0 amide bonds. The van der Waals surface area contributed by atoms with Gasteiger partial charge in [-0.25, -0.2) is 13.6 Å². The van der Waals surface area contributed by atoms with Crippen molar-refractivity contribution in [3.8, 4) is 0 Å². The molecule has 3 N–H and O–H groups in total. The highest BCUT2D eigenvalue weighted by Crippen LogP contribution is 2.41. The van der Waals surface area contributed by atoms with Gasteiger partial charge in [-0.1, -0.05) is 0 Å². The van der Waals surface area contributed by atoms with E-state index in [1.54, 1.807) is 0 Å². The second-order valence-electron chi connectivity index (χ2n) is 5.08. The fourth-order valence-corrected chi connectivity index (χ4v) is 4.26. The smallest absolute Gasteiger partial charge is 0.294 e. The molecule has 0 fully saturated rings. The zero-order chi connectivity index (χ0) is 18.1. The van der Waals surface area contributed by atoms with Gasteiger partial charge in [0.15, 0.2) is 0 Å². The number of anilines is 1. The second-order valence-corrected chi connectivity index (χ2v) is 9.35. The van der Waals surface area contributed by atoms with Crippen LogP contribution in [0.2, 0.25) is 0 Å². The minimum absolute atomic E-state index is 0.0601. The number of fused-ring (bicyclic) bond motifs is 1. The molecule has 0 saturated carbocycles. The van der Waals surface area contributed by atoms with E-state index < -0.39 is 30.8 Å². The molecule has 2 rings (SSSR count). The Labute approximate surface area is 143 Å². The average Bonchev–Trinajstić information content (AvgIpc) is 2.43. The van der Waals surface area contributed by atoms with Gasteiger partial charge in [-0.15, -0.1) is 11.8 Å². The van der Waals surface area contributed by atoms with Crippen LogP contribution in [-0.2, 0) is 24.3 Å². The molecule has 0 aliphatic carbocycles. The molecule has 1 heterocycles. The maximum Gasteiger partial charge on any atom is 0.294 e. The molecule has 0 bridgehead atoms. The van der Waals surface area contributed by atoms with E-state index in [0.717, 1.165) is 12.3 Å². The van der Waals surface area contributed by atoms with Crippen molar-refractivity contribution >= 4 is 43.3 Å². The van der Waals surface area contributed by atoms with Gasteiger partial charge in [0.25, 0.3) is 15.8 Å². The van der Waals surface area contributed by atoms with Gasteiger partial charge < -0.3 is 5.32 Å². The van der Waals surface area contributed by atoms with Crippen molar-refractivity contribution in [3.63, 3.8) is 0 Å². The molecule has 0 saturated heterocycles. The normalized spacial score (nSPS) is 17.8. The van der Waals surface area contributed by atoms with E-state index >= 15 is 0 Å². The largest absolute Gasteiger partial charge is 0.375 e. The van der Waals surface area contributed by atoms with Crippen molar-refractivity contribution in [1.29, 1.82) is 0 Å². The van der Waals surface area contributed by atoms with Crippen molar-refractivity contribution < 1.29 is 25.9 Å². The summed E-state index contributed by atoms with van der Waals surface area (Å²) >= 11 is 1.22. The topological polar surface area (TPSA) is 159 Å². The van der Waals surface area contributed by atoms with E-state index in [0.29, 0.717) is 17.1 Å². The highest BCUT2D eigenvalue weighted by atomic mass is 32.2. The first-order valence-corrected chi connectivity index (χ1v) is 10.9. The van der Waals surface area contributed by atoms with E-state index in [4.69, 9.17) is 5.14 Å². The molecule has 1 aromatic rings. The molecule has 1 aliphatic heterocycles. The summed E-state index contributed by atoms with van der Waals surface area (Å²) in [4.78, 5) is 10.6. The summed E-state index contributed by atoms with van der Waals surface area (Å²) in [5, 5.41) is 19.2. The van der Waals surface area contributed by atoms with Crippen LogP contribution >= 0.6 is 11.8 Å². The summed E-state index contributed by atoms with van der Waals surface area (Å²) in [7, 11) is -7.62. The standard InChI is InChI=1S/C11H15N3O7S3/c1-23(17,18)21-3-2-7-6-22-10-5-8(24(12,19)20)4-9(14(15)16)11(10)13-7/h4-5,7,13H,2-3,6H2,1H3,(H2,12,19,20)/t7-/m1/s1. The van der Waals surface area contributed by atoms with Crippen LogP contribution in [0.15, 0.2) is 21.9 Å². The van der Waals surface area contributed by atoms with E-state index in [1.165, 1.54) is 17.8 Å². The van der Waals surface area contributed by atoms with Crippen molar-refractivity contribution in [1.82, 2.24) is 0 Å². The Morgan fingerprint density at radius 1 is 1.42 bits per heavy atom. The molecule has 10 nitrogen and oxygen atoms in total. The lowest BCUT2D eigenvalue weighted by molar-refractivity contribution is -0.384. The molecule has 1 aliphatic rings. The lowest BCUT2D eigenvalue weighted by Crippen LogP contribution is -2.28. The van der Waals surface area contributed by atoms with E-state index in [9.17, 15) is 26.9 Å². The summed E-state index contributed by atoms with van der Waals surface area (Å²) in [6, 6.07) is 1.92. The zero-order valence-electron chi connectivity index (χ0n) is 12.5. The van der Waals surface area contributed by atoms with Gasteiger partial charge in [-0.05, 0) is 12.5 Å². The first kappa shape index (κ1) is 18.9. The lowest BCUT2D eigenvalue weighted by Gasteiger charge is -2.26. The van der Waals surface area contributed by atoms with E-state index in [2.05, 4.69) is 9.50 Å². The molecule has 0 aromatic heterocycles. The molecule has 13 heteroatoms. The Morgan fingerprint density at radius 3 is 2.62 bits per heavy atom. The number of benzene rings is 1. The molecular weight excluding hydrogens is 382 g/mol. The number of nitrogens with zero attached hydrogens (tertiary/aromatic N) is 1. The van der Waals surface area contributed by atoms with Gasteiger partial charge in [0.1, 0.15) is 5.69 Å². The summed E-state index contributed by atoms with van der Waals surface area (Å²) in [6.07, 6.45) is 1.25. The zero-order valence-corrected chi connectivity index (χ0v) is 14.9.